The molecule has 0 radical (unpaired) electrons. The predicted octanol–water partition coefficient (Wildman–Crippen LogP) is 7.81. The fraction of sp³-hybridized carbons (Fsp3) is 0.0833. The third kappa shape index (κ3) is 4.20. The van der Waals surface area contributed by atoms with Gasteiger partial charge in [-0.25, -0.2) is 4.98 Å². The van der Waals surface area contributed by atoms with Crippen LogP contribution in [0.15, 0.2) is 68.9 Å². The summed E-state index contributed by atoms with van der Waals surface area (Å²) in [6.07, 6.45) is 1.93. The highest BCUT2D eigenvalue weighted by Crippen LogP contribution is 2.30. The van der Waals surface area contributed by atoms with Gasteiger partial charge in [-0.3, -0.25) is 0 Å². The molecule has 0 spiro atoms. The maximum Gasteiger partial charge on any atom is 0.134 e. The van der Waals surface area contributed by atoms with Crippen molar-refractivity contribution in [1.82, 2.24) is 9.55 Å². The monoisotopic (exact) mass is 537 g/mol. The van der Waals surface area contributed by atoms with E-state index in [4.69, 9.17) is 4.98 Å². The van der Waals surface area contributed by atoms with Crippen molar-refractivity contribution in [3.63, 3.8) is 0 Å². The molecule has 0 N–H and O–H groups in total. The summed E-state index contributed by atoms with van der Waals surface area (Å²) in [5, 5.41) is 12.5. The SMILES string of the molecule is Cc1cc(/C=C(/C#N)c2nc(-c3ccc(Br)cc3)cs2)c(C)n1-c1ccc(Br)cc1. The number of aryl methyl sites for hydroxylation is 1. The molecule has 0 unspecified atom stereocenters. The van der Waals surface area contributed by atoms with Crippen LogP contribution in [0.5, 0.6) is 0 Å². The van der Waals surface area contributed by atoms with Gasteiger partial charge in [0.1, 0.15) is 11.1 Å². The van der Waals surface area contributed by atoms with Crippen LogP contribution in [0.2, 0.25) is 0 Å². The summed E-state index contributed by atoms with van der Waals surface area (Å²) in [4.78, 5) is 4.70. The Balaban J connectivity index is 1.70. The lowest BCUT2D eigenvalue weighted by Gasteiger charge is -2.09. The van der Waals surface area contributed by atoms with E-state index in [2.05, 4.69) is 74.5 Å². The third-order valence-electron chi connectivity index (χ3n) is 4.85. The summed E-state index contributed by atoms with van der Waals surface area (Å²) in [7, 11) is 0. The van der Waals surface area contributed by atoms with E-state index in [-0.39, 0.29) is 0 Å². The molecule has 2 aromatic carbocycles. The van der Waals surface area contributed by atoms with E-state index in [0.717, 1.165) is 47.8 Å². The summed E-state index contributed by atoms with van der Waals surface area (Å²) in [5.74, 6) is 0. The largest absolute Gasteiger partial charge is 0.318 e. The second-order valence-corrected chi connectivity index (χ2v) is 9.54. The molecule has 148 valence electrons. The number of halogens is 2. The molecule has 0 bridgehead atoms. The molecule has 4 rings (SSSR count). The van der Waals surface area contributed by atoms with Crippen LogP contribution < -0.4 is 0 Å². The molecule has 2 aromatic heterocycles. The van der Waals surface area contributed by atoms with E-state index in [1.165, 1.54) is 11.3 Å². The van der Waals surface area contributed by atoms with Gasteiger partial charge in [-0.05, 0) is 68.0 Å². The Morgan fingerprint density at radius 1 is 1.03 bits per heavy atom. The van der Waals surface area contributed by atoms with Gasteiger partial charge in [0, 0.05) is 37.0 Å². The van der Waals surface area contributed by atoms with Gasteiger partial charge in [-0.15, -0.1) is 11.3 Å². The molecule has 0 saturated heterocycles. The van der Waals surface area contributed by atoms with E-state index in [1.54, 1.807) is 0 Å². The number of nitriles is 1. The normalized spacial score (nSPS) is 11.5. The molecule has 0 fully saturated rings. The van der Waals surface area contributed by atoms with Crippen LogP contribution in [0.4, 0.5) is 0 Å². The molecule has 0 aliphatic rings. The number of benzene rings is 2. The Kier molecular flexibility index (Phi) is 6.05. The number of aromatic nitrogens is 2. The molecular formula is C24H17Br2N3S. The van der Waals surface area contributed by atoms with Crippen LogP contribution in [-0.4, -0.2) is 9.55 Å². The van der Waals surface area contributed by atoms with Crippen LogP contribution >= 0.6 is 43.2 Å². The van der Waals surface area contributed by atoms with E-state index in [0.29, 0.717) is 5.57 Å². The first-order valence-corrected chi connectivity index (χ1v) is 11.7. The summed E-state index contributed by atoms with van der Waals surface area (Å²) >= 11 is 8.43. The summed E-state index contributed by atoms with van der Waals surface area (Å²) in [6, 6.07) is 20.7. The number of hydrogen-bond acceptors (Lipinski definition) is 3. The van der Waals surface area contributed by atoms with Gasteiger partial charge in [-0.1, -0.05) is 44.0 Å². The maximum atomic E-state index is 9.80. The van der Waals surface area contributed by atoms with Crippen molar-refractivity contribution < 1.29 is 0 Å². The Bertz CT molecular complexity index is 1270. The molecule has 3 nitrogen and oxygen atoms in total. The number of allylic oxidation sites excluding steroid dienone is 1. The minimum Gasteiger partial charge on any atom is -0.318 e. The van der Waals surface area contributed by atoms with Crippen LogP contribution in [-0.2, 0) is 0 Å². The number of hydrogen-bond donors (Lipinski definition) is 0. The first-order chi connectivity index (χ1) is 14.5. The molecule has 6 heteroatoms. The lowest BCUT2D eigenvalue weighted by molar-refractivity contribution is 0.964. The fourth-order valence-corrected chi connectivity index (χ4v) is 4.69. The Labute approximate surface area is 196 Å². The van der Waals surface area contributed by atoms with Crippen molar-refractivity contribution in [2.45, 2.75) is 13.8 Å². The molecular weight excluding hydrogens is 522 g/mol. The second-order valence-electron chi connectivity index (χ2n) is 6.85. The standard InChI is InChI=1S/C24H17Br2N3S/c1-15-11-18(16(2)29(15)22-9-7-21(26)8-10-22)12-19(13-27)24-28-23(14-30-24)17-3-5-20(25)6-4-17/h3-12,14H,1-2H3/b19-12-. The predicted molar refractivity (Wildman–Crippen MR) is 132 cm³/mol. The fourth-order valence-electron chi connectivity index (χ4n) is 3.37. The van der Waals surface area contributed by atoms with Crippen molar-refractivity contribution in [3.8, 4) is 23.0 Å². The van der Waals surface area contributed by atoms with Gasteiger partial charge < -0.3 is 4.57 Å². The van der Waals surface area contributed by atoms with E-state index >= 15 is 0 Å². The highest BCUT2D eigenvalue weighted by Gasteiger charge is 2.13. The lowest BCUT2D eigenvalue weighted by atomic mass is 10.1. The molecule has 0 amide bonds. The Hall–Kier alpha value is -2.46. The van der Waals surface area contributed by atoms with Gasteiger partial charge in [0.2, 0.25) is 0 Å². The highest BCUT2D eigenvalue weighted by molar-refractivity contribution is 9.10. The second kappa shape index (κ2) is 8.73. The number of rotatable bonds is 4. The van der Waals surface area contributed by atoms with Gasteiger partial charge >= 0.3 is 0 Å². The average Bonchev–Trinajstić information content (AvgIpc) is 3.32. The first kappa shape index (κ1) is 20.8. The zero-order chi connectivity index (χ0) is 21.3. The van der Waals surface area contributed by atoms with Crippen molar-refractivity contribution in [3.05, 3.63) is 90.9 Å². The summed E-state index contributed by atoms with van der Waals surface area (Å²) in [6.45, 7) is 4.15. The van der Waals surface area contributed by atoms with E-state index < -0.39 is 0 Å². The van der Waals surface area contributed by atoms with Gasteiger partial charge in [-0.2, -0.15) is 5.26 Å². The lowest BCUT2D eigenvalue weighted by Crippen LogP contribution is -1.98. The number of nitrogens with zero attached hydrogens (tertiary/aromatic N) is 3. The van der Waals surface area contributed by atoms with Gasteiger partial charge in [0.15, 0.2) is 0 Å². The summed E-state index contributed by atoms with van der Waals surface area (Å²) < 4.78 is 4.27. The average molecular weight is 539 g/mol. The molecule has 0 aliphatic heterocycles. The zero-order valence-corrected chi connectivity index (χ0v) is 20.3. The van der Waals surface area contributed by atoms with Crippen molar-refractivity contribution in [2.75, 3.05) is 0 Å². The first-order valence-electron chi connectivity index (χ1n) is 9.25. The van der Waals surface area contributed by atoms with Gasteiger partial charge in [0.05, 0.1) is 11.3 Å². The topological polar surface area (TPSA) is 41.6 Å². The van der Waals surface area contributed by atoms with Crippen molar-refractivity contribution in [1.29, 1.82) is 5.26 Å². The Morgan fingerprint density at radius 2 is 1.67 bits per heavy atom. The quantitative estimate of drug-likeness (QED) is 0.248. The highest BCUT2D eigenvalue weighted by atomic mass is 79.9. The molecule has 30 heavy (non-hydrogen) atoms. The van der Waals surface area contributed by atoms with Crippen LogP contribution in [0.3, 0.4) is 0 Å². The third-order valence-corrected chi connectivity index (χ3v) is 6.78. The van der Waals surface area contributed by atoms with Crippen LogP contribution in [0, 0.1) is 25.2 Å². The molecule has 2 heterocycles. The van der Waals surface area contributed by atoms with E-state index in [9.17, 15) is 5.26 Å². The van der Waals surface area contributed by atoms with Crippen molar-refractivity contribution >= 4 is 54.8 Å². The van der Waals surface area contributed by atoms with E-state index in [1.807, 2.05) is 47.9 Å². The van der Waals surface area contributed by atoms with Crippen molar-refractivity contribution in [2.24, 2.45) is 0 Å². The van der Waals surface area contributed by atoms with Gasteiger partial charge in [0.25, 0.3) is 0 Å². The summed E-state index contributed by atoms with van der Waals surface area (Å²) in [5.41, 5.74) is 6.81. The number of thiazole rings is 1. The minimum absolute atomic E-state index is 0.569. The minimum atomic E-state index is 0.569. The Morgan fingerprint density at radius 3 is 2.30 bits per heavy atom. The van der Waals surface area contributed by atoms with Crippen LogP contribution in [0.25, 0.3) is 28.6 Å². The molecule has 4 aromatic rings. The van der Waals surface area contributed by atoms with Crippen LogP contribution in [0.1, 0.15) is 22.0 Å². The smallest absolute Gasteiger partial charge is 0.134 e. The zero-order valence-electron chi connectivity index (χ0n) is 16.4. The molecule has 0 saturated carbocycles. The molecule has 0 aliphatic carbocycles. The maximum absolute atomic E-state index is 9.80. The molecule has 0 atom stereocenters.